The van der Waals surface area contributed by atoms with Crippen LogP contribution in [0.3, 0.4) is 0 Å². The van der Waals surface area contributed by atoms with E-state index >= 15 is 0 Å². The van der Waals surface area contributed by atoms with Crippen molar-refractivity contribution in [3.63, 3.8) is 0 Å². The maximum atomic E-state index is 10.8. The highest BCUT2D eigenvalue weighted by atomic mass is 35.5. The minimum atomic E-state index is -0.719. The van der Waals surface area contributed by atoms with Crippen LogP contribution >= 0.6 is 11.6 Å². The summed E-state index contributed by atoms with van der Waals surface area (Å²) in [4.78, 5) is 10.8. The van der Waals surface area contributed by atoms with E-state index in [1.54, 1.807) is 0 Å². The second kappa shape index (κ2) is 4.55. The Labute approximate surface area is 78.0 Å². The maximum Gasteiger partial charge on any atom is 0.510 e. The van der Waals surface area contributed by atoms with E-state index in [1.807, 2.05) is 27.7 Å². The molecule has 0 spiro atoms. The van der Waals surface area contributed by atoms with Gasteiger partial charge in [-0.25, -0.2) is 4.79 Å². The largest absolute Gasteiger partial charge is 0.510 e. The van der Waals surface area contributed by atoms with Crippen molar-refractivity contribution in [2.45, 2.75) is 33.3 Å². The maximum absolute atomic E-state index is 10.8. The molecule has 12 heavy (non-hydrogen) atoms. The van der Waals surface area contributed by atoms with Crippen LogP contribution in [-0.2, 0) is 9.47 Å². The highest BCUT2D eigenvalue weighted by Crippen LogP contribution is 2.20. The van der Waals surface area contributed by atoms with Crippen LogP contribution in [0, 0.1) is 5.92 Å². The molecule has 0 saturated carbocycles. The highest BCUT2D eigenvalue weighted by Gasteiger charge is 2.27. The van der Waals surface area contributed by atoms with Gasteiger partial charge in [0, 0.05) is 0 Å². The van der Waals surface area contributed by atoms with Crippen LogP contribution in [0.4, 0.5) is 4.79 Å². The third-order valence-electron chi connectivity index (χ3n) is 1.91. The summed E-state index contributed by atoms with van der Waals surface area (Å²) < 4.78 is 9.43. The number of hydrogen-bond donors (Lipinski definition) is 0. The Morgan fingerprint density at radius 1 is 1.50 bits per heavy atom. The van der Waals surface area contributed by atoms with Crippen LogP contribution < -0.4 is 0 Å². The molecule has 0 atom stereocenters. The first-order chi connectivity index (χ1) is 5.40. The number of carbonyl (C=O) groups excluding carboxylic acids is 1. The number of carbonyl (C=O) groups is 1. The molecule has 0 aliphatic rings. The van der Waals surface area contributed by atoms with Crippen molar-refractivity contribution in [1.29, 1.82) is 0 Å². The molecule has 0 radical (unpaired) electrons. The van der Waals surface area contributed by atoms with Crippen molar-refractivity contribution in [3.05, 3.63) is 0 Å². The lowest BCUT2D eigenvalue weighted by atomic mass is 9.95. The summed E-state index contributed by atoms with van der Waals surface area (Å²) in [6.45, 7) is 7.59. The molecule has 72 valence electrons. The summed E-state index contributed by atoms with van der Waals surface area (Å²) in [6.07, 6.45) is -0.719. The average molecular weight is 195 g/mol. The topological polar surface area (TPSA) is 35.5 Å². The van der Waals surface area contributed by atoms with Crippen molar-refractivity contribution in [3.8, 4) is 0 Å². The van der Waals surface area contributed by atoms with Gasteiger partial charge in [0.05, 0.1) is 0 Å². The SMILES string of the molecule is CC(C)C(C)(C)OC(=O)OCCl. The number of rotatable bonds is 3. The molecule has 0 bridgehead atoms. The first-order valence-electron chi connectivity index (χ1n) is 3.82. The smallest absolute Gasteiger partial charge is 0.428 e. The predicted molar refractivity (Wildman–Crippen MR) is 47.2 cm³/mol. The third kappa shape index (κ3) is 3.81. The lowest BCUT2D eigenvalue weighted by Gasteiger charge is -2.28. The van der Waals surface area contributed by atoms with Gasteiger partial charge >= 0.3 is 6.16 Å². The Balaban J connectivity index is 3.97. The van der Waals surface area contributed by atoms with E-state index in [0.717, 1.165) is 0 Å². The van der Waals surface area contributed by atoms with Crippen molar-refractivity contribution >= 4 is 17.8 Å². The van der Waals surface area contributed by atoms with E-state index in [0.29, 0.717) is 0 Å². The highest BCUT2D eigenvalue weighted by molar-refractivity contribution is 6.17. The summed E-state index contributed by atoms with van der Waals surface area (Å²) in [7, 11) is 0. The second-order valence-electron chi connectivity index (χ2n) is 3.36. The predicted octanol–water partition coefficient (Wildman–Crippen LogP) is 2.77. The van der Waals surface area contributed by atoms with E-state index in [-0.39, 0.29) is 12.0 Å². The van der Waals surface area contributed by atoms with E-state index in [1.165, 1.54) is 0 Å². The van der Waals surface area contributed by atoms with Gasteiger partial charge < -0.3 is 9.47 Å². The van der Waals surface area contributed by atoms with E-state index in [2.05, 4.69) is 4.74 Å². The Morgan fingerprint density at radius 3 is 2.33 bits per heavy atom. The first kappa shape index (κ1) is 11.6. The van der Waals surface area contributed by atoms with Gasteiger partial charge in [-0.3, -0.25) is 0 Å². The van der Waals surface area contributed by atoms with Crippen LogP contribution in [0.1, 0.15) is 27.7 Å². The van der Waals surface area contributed by atoms with Crippen molar-refractivity contribution in [2.75, 3.05) is 6.07 Å². The molecule has 0 N–H and O–H groups in total. The zero-order chi connectivity index (χ0) is 9.78. The van der Waals surface area contributed by atoms with Gasteiger partial charge in [0.2, 0.25) is 0 Å². The Bertz CT molecular complexity index is 154. The fourth-order valence-corrected chi connectivity index (χ4v) is 0.496. The van der Waals surface area contributed by atoms with Crippen molar-refractivity contribution < 1.29 is 14.3 Å². The average Bonchev–Trinajstić information content (AvgIpc) is 1.85. The Kier molecular flexibility index (Phi) is 4.39. The number of ether oxygens (including phenoxy) is 2. The fourth-order valence-electron chi connectivity index (χ4n) is 0.407. The molecule has 0 unspecified atom stereocenters. The molecular weight excluding hydrogens is 180 g/mol. The van der Waals surface area contributed by atoms with E-state index in [4.69, 9.17) is 16.3 Å². The molecule has 0 aliphatic carbocycles. The van der Waals surface area contributed by atoms with Crippen LogP contribution in [0.2, 0.25) is 0 Å². The van der Waals surface area contributed by atoms with E-state index in [9.17, 15) is 4.79 Å². The summed E-state index contributed by atoms with van der Waals surface area (Å²) in [6, 6.07) is -0.174. The first-order valence-corrected chi connectivity index (χ1v) is 4.35. The molecule has 0 aliphatic heterocycles. The quantitative estimate of drug-likeness (QED) is 0.512. The zero-order valence-corrected chi connectivity index (χ0v) is 8.64. The van der Waals surface area contributed by atoms with Gasteiger partial charge in [0.15, 0.2) is 6.07 Å². The molecule has 0 aromatic carbocycles. The lowest BCUT2D eigenvalue weighted by molar-refractivity contribution is -0.0340. The molecule has 0 fully saturated rings. The normalized spacial score (nSPS) is 11.5. The van der Waals surface area contributed by atoms with Crippen LogP contribution in [0.25, 0.3) is 0 Å². The van der Waals surface area contributed by atoms with E-state index < -0.39 is 11.8 Å². The van der Waals surface area contributed by atoms with Crippen LogP contribution in [0.5, 0.6) is 0 Å². The number of halogens is 1. The van der Waals surface area contributed by atoms with Gasteiger partial charge in [0.1, 0.15) is 5.60 Å². The molecule has 0 aromatic rings. The molecule has 0 heterocycles. The Hall–Kier alpha value is -0.440. The molecular formula is C8H15ClO3. The minimum Gasteiger partial charge on any atom is -0.428 e. The van der Waals surface area contributed by atoms with Crippen LogP contribution in [-0.4, -0.2) is 17.8 Å². The van der Waals surface area contributed by atoms with Gasteiger partial charge in [-0.05, 0) is 19.8 Å². The summed E-state index contributed by atoms with van der Waals surface area (Å²) >= 11 is 5.18. The van der Waals surface area contributed by atoms with Gasteiger partial charge in [-0.2, -0.15) is 0 Å². The molecule has 0 saturated heterocycles. The fraction of sp³-hybridized carbons (Fsp3) is 0.875. The molecule has 0 rings (SSSR count). The molecule has 0 amide bonds. The second-order valence-corrected chi connectivity index (χ2v) is 3.58. The summed E-state index contributed by atoms with van der Waals surface area (Å²) in [5, 5.41) is 0. The summed E-state index contributed by atoms with van der Waals surface area (Å²) in [5.74, 6) is 0.236. The van der Waals surface area contributed by atoms with Crippen molar-refractivity contribution in [2.24, 2.45) is 5.92 Å². The standard InChI is InChI=1S/C8H15ClO3/c1-6(2)8(3,4)12-7(10)11-5-9/h6H,5H2,1-4H3. The number of hydrogen-bond acceptors (Lipinski definition) is 3. The molecule has 0 aromatic heterocycles. The molecule has 4 heteroatoms. The Morgan fingerprint density at radius 2 is 2.00 bits per heavy atom. The van der Waals surface area contributed by atoms with Crippen LogP contribution in [0.15, 0.2) is 0 Å². The van der Waals surface area contributed by atoms with Gasteiger partial charge in [0.25, 0.3) is 0 Å². The van der Waals surface area contributed by atoms with Gasteiger partial charge in [-0.15, -0.1) is 0 Å². The van der Waals surface area contributed by atoms with Crippen molar-refractivity contribution in [1.82, 2.24) is 0 Å². The lowest BCUT2D eigenvalue weighted by Crippen LogP contribution is -2.33. The number of alkyl halides is 1. The summed E-state index contributed by atoms with van der Waals surface area (Å²) in [5.41, 5.74) is -0.511. The van der Waals surface area contributed by atoms with Gasteiger partial charge in [-0.1, -0.05) is 25.4 Å². The third-order valence-corrected chi connectivity index (χ3v) is 2.02. The minimum absolute atomic E-state index is 0.174. The molecule has 3 nitrogen and oxygen atoms in total. The monoisotopic (exact) mass is 194 g/mol. The zero-order valence-electron chi connectivity index (χ0n) is 7.89.